The molecule has 0 bridgehead atoms. The van der Waals surface area contributed by atoms with Gasteiger partial charge in [-0.3, -0.25) is 0 Å². The van der Waals surface area contributed by atoms with Crippen molar-refractivity contribution in [3.05, 3.63) is 70.8 Å². The highest BCUT2D eigenvalue weighted by Gasteiger charge is 2.09. The minimum Gasteiger partial charge on any atom is -0.313 e. The molecule has 0 aliphatic heterocycles. The molecule has 0 radical (unpaired) electrons. The molecule has 0 aliphatic rings. The molecule has 1 unspecified atom stereocenters. The van der Waals surface area contributed by atoms with Crippen LogP contribution in [-0.4, -0.2) is 7.05 Å². The molecular weight excluding hydrogens is 230 g/mol. The van der Waals surface area contributed by atoms with Gasteiger partial charge in [0.15, 0.2) is 0 Å². The van der Waals surface area contributed by atoms with Gasteiger partial charge in [0.1, 0.15) is 0 Å². The predicted octanol–water partition coefficient (Wildman–Crippen LogP) is 4.20. The Morgan fingerprint density at radius 2 is 1.68 bits per heavy atom. The molecule has 1 atom stereocenters. The van der Waals surface area contributed by atoms with Gasteiger partial charge in [-0.15, -0.1) is 0 Å². The van der Waals surface area contributed by atoms with Crippen LogP contribution in [0, 0.1) is 13.8 Å². The summed E-state index contributed by atoms with van der Waals surface area (Å²) in [5.74, 6) is 0. The van der Waals surface area contributed by atoms with E-state index < -0.39 is 0 Å². The van der Waals surface area contributed by atoms with E-state index in [4.69, 9.17) is 0 Å². The van der Waals surface area contributed by atoms with Gasteiger partial charge in [0.25, 0.3) is 0 Å². The van der Waals surface area contributed by atoms with Gasteiger partial charge in [-0.2, -0.15) is 0 Å². The molecule has 1 N–H and O–H groups in total. The van der Waals surface area contributed by atoms with E-state index in [0.717, 1.165) is 12.8 Å². The van der Waals surface area contributed by atoms with Gasteiger partial charge in [-0.25, -0.2) is 0 Å². The van der Waals surface area contributed by atoms with Crippen molar-refractivity contribution in [1.82, 2.24) is 5.32 Å². The van der Waals surface area contributed by atoms with Crippen LogP contribution in [0.4, 0.5) is 0 Å². The van der Waals surface area contributed by atoms with Crippen LogP contribution in [-0.2, 0) is 6.42 Å². The molecule has 0 fully saturated rings. The molecule has 19 heavy (non-hydrogen) atoms. The first-order valence-corrected chi connectivity index (χ1v) is 6.98. The lowest BCUT2D eigenvalue weighted by atomic mass is 9.97. The maximum atomic E-state index is 3.43. The van der Waals surface area contributed by atoms with Crippen LogP contribution in [0.15, 0.2) is 48.5 Å². The van der Waals surface area contributed by atoms with E-state index in [-0.39, 0.29) is 0 Å². The molecule has 2 aromatic rings. The van der Waals surface area contributed by atoms with Gasteiger partial charge in [0.05, 0.1) is 0 Å². The van der Waals surface area contributed by atoms with Crippen molar-refractivity contribution < 1.29 is 0 Å². The first-order valence-electron chi connectivity index (χ1n) is 6.98. The summed E-state index contributed by atoms with van der Waals surface area (Å²) < 4.78 is 0. The fraction of sp³-hybridized carbons (Fsp3) is 0.333. The topological polar surface area (TPSA) is 12.0 Å². The molecule has 2 aromatic carbocycles. The predicted molar refractivity (Wildman–Crippen MR) is 82.5 cm³/mol. The molecule has 0 aliphatic carbocycles. The smallest absolute Gasteiger partial charge is 0.0320 e. The van der Waals surface area contributed by atoms with E-state index in [0.29, 0.717) is 6.04 Å². The maximum Gasteiger partial charge on any atom is 0.0320 e. The van der Waals surface area contributed by atoms with Gasteiger partial charge < -0.3 is 5.32 Å². The van der Waals surface area contributed by atoms with Crippen LogP contribution in [0.2, 0.25) is 0 Å². The summed E-state index contributed by atoms with van der Waals surface area (Å²) in [5.41, 5.74) is 5.45. The molecule has 100 valence electrons. The number of hydrogen-bond acceptors (Lipinski definition) is 1. The summed E-state index contributed by atoms with van der Waals surface area (Å²) in [6.45, 7) is 4.28. The van der Waals surface area contributed by atoms with Crippen LogP contribution < -0.4 is 5.32 Å². The van der Waals surface area contributed by atoms with E-state index in [1.165, 1.54) is 22.3 Å². The molecule has 0 spiro atoms. The Morgan fingerprint density at radius 1 is 0.947 bits per heavy atom. The molecule has 0 aromatic heterocycles. The van der Waals surface area contributed by atoms with Crippen molar-refractivity contribution in [2.24, 2.45) is 0 Å². The van der Waals surface area contributed by atoms with Crippen LogP contribution in [0.5, 0.6) is 0 Å². The molecular formula is C18H23N. The van der Waals surface area contributed by atoms with Crippen molar-refractivity contribution in [2.75, 3.05) is 7.05 Å². The lowest BCUT2D eigenvalue weighted by Crippen LogP contribution is -2.17. The Bertz CT molecular complexity index is 513. The Kier molecular flexibility index (Phi) is 4.75. The molecule has 0 saturated heterocycles. The van der Waals surface area contributed by atoms with Crippen molar-refractivity contribution in [1.29, 1.82) is 0 Å². The van der Waals surface area contributed by atoms with Gasteiger partial charge in [0, 0.05) is 6.04 Å². The van der Waals surface area contributed by atoms with Crippen molar-refractivity contribution >= 4 is 0 Å². The van der Waals surface area contributed by atoms with Crippen LogP contribution >= 0.6 is 0 Å². The fourth-order valence-corrected chi connectivity index (χ4v) is 2.43. The first kappa shape index (κ1) is 13.8. The standard InChI is InChI=1S/C18H23N/c1-14-7-9-16(10-8-14)11-12-18(19-3)17-6-4-5-15(2)13-17/h4-10,13,18-19H,11-12H2,1-3H3. The summed E-state index contributed by atoms with van der Waals surface area (Å²) in [6.07, 6.45) is 2.24. The van der Waals surface area contributed by atoms with E-state index in [9.17, 15) is 0 Å². The number of hydrogen-bond donors (Lipinski definition) is 1. The van der Waals surface area contributed by atoms with Crippen molar-refractivity contribution in [3.63, 3.8) is 0 Å². The molecule has 0 saturated carbocycles. The maximum absolute atomic E-state index is 3.43. The largest absolute Gasteiger partial charge is 0.313 e. The SMILES string of the molecule is CNC(CCc1ccc(C)cc1)c1cccc(C)c1. The Hall–Kier alpha value is -1.60. The van der Waals surface area contributed by atoms with Crippen molar-refractivity contribution in [2.45, 2.75) is 32.7 Å². The second-order valence-corrected chi connectivity index (χ2v) is 5.28. The second-order valence-electron chi connectivity index (χ2n) is 5.28. The molecule has 1 heteroatoms. The quantitative estimate of drug-likeness (QED) is 0.842. The van der Waals surface area contributed by atoms with E-state index in [2.05, 4.69) is 67.7 Å². The highest BCUT2D eigenvalue weighted by molar-refractivity contribution is 5.26. The van der Waals surface area contributed by atoms with E-state index >= 15 is 0 Å². The summed E-state index contributed by atoms with van der Waals surface area (Å²) >= 11 is 0. The third kappa shape index (κ3) is 3.93. The minimum absolute atomic E-state index is 0.432. The lowest BCUT2D eigenvalue weighted by molar-refractivity contribution is 0.549. The van der Waals surface area contributed by atoms with Crippen LogP contribution in [0.25, 0.3) is 0 Å². The van der Waals surface area contributed by atoms with Gasteiger partial charge >= 0.3 is 0 Å². The number of aryl methyl sites for hydroxylation is 3. The Labute approximate surface area is 116 Å². The Morgan fingerprint density at radius 3 is 2.32 bits per heavy atom. The molecule has 0 heterocycles. The van der Waals surface area contributed by atoms with Crippen molar-refractivity contribution in [3.8, 4) is 0 Å². The zero-order valence-corrected chi connectivity index (χ0v) is 12.1. The summed E-state index contributed by atoms with van der Waals surface area (Å²) in [5, 5.41) is 3.43. The Balaban J connectivity index is 2.01. The van der Waals surface area contributed by atoms with E-state index in [1.54, 1.807) is 0 Å². The van der Waals surface area contributed by atoms with Crippen LogP contribution in [0.3, 0.4) is 0 Å². The van der Waals surface area contributed by atoms with E-state index in [1.807, 2.05) is 7.05 Å². The summed E-state index contributed by atoms with van der Waals surface area (Å²) in [4.78, 5) is 0. The number of rotatable bonds is 5. The highest BCUT2D eigenvalue weighted by atomic mass is 14.9. The average molecular weight is 253 g/mol. The fourth-order valence-electron chi connectivity index (χ4n) is 2.43. The molecule has 2 rings (SSSR count). The van der Waals surface area contributed by atoms with Crippen LogP contribution in [0.1, 0.15) is 34.7 Å². The second kappa shape index (κ2) is 6.53. The number of nitrogens with one attached hydrogen (secondary N) is 1. The normalized spacial score (nSPS) is 12.4. The minimum atomic E-state index is 0.432. The van der Waals surface area contributed by atoms with Gasteiger partial charge in [0.2, 0.25) is 0 Å². The highest BCUT2D eigenvalue weighted by Crippen LogP contribution is 2.20. The molecule has 0 amide bonds. The zero-order chi connectivity index (χ0) is 13.7. The lowest BCUT2D eigenvalue weighted by Gasteiger charge is -2.17. The molecule has 1 nitrogen and oxygen atoms in total. The average Bonchev–Trinajstić information content (AvgIpc) is 2.42. The number of benzene rings is 2. The third-order valence-electron chi connectivity index (χ3n) is 3.64. The van der Waals surface area contributed by atoms with Gasteiger partial charge in [-0.05, 0) is 44.9 Å². The first-order chi connectivity index (χ1) is 9.19. The summed E-state index contributed by atoms with van der Waals surface area (Å²) in [6, 6.07) is 18.1. The third-order valence-corrected chi connectivity index (χ3v) is 3.64. The zero-order valence-electron chi connectivity index (χ0n) is 12.1. The summed E-state index contributed by atoms with van der Waals surface area (Å²) in [7, 11) is 2.04. The van der Waals surface area contributed by atoms with Gasteiger partial charge in [-0.1, -0.05) is 59.7 Å². The monoisotopic (exact) mass is 253 g/mol.